The Labute approximate surface area is 119 Å². The Kier molecular flexibility index (Phi) is 3.69. The minimum absolute atomic E-state index is 0.442. The zero-order chi connectivity index (χ0) is 13.9. The fourth-order valence-electron chi connectivity index (χ4n) is 2.77. The van der Waals surface area contributed by atoms with Crippen molar-refractivity contribution in [3.63, 3.8) is 0 Å². The maximum Gasteiger partial charge on any atom is 0.164 e. The highest BCUT2D eigenvalue weighted by atomic mass is 16.5. The van der Waals surface area contributed by atoms with Crippen LogP contribution in [0.25, 0.3) is 0 Å². The normalized spacial score (nSPS) is 17.8. The van der Waals surface area contributed by atoms with Crippen LogP contribution in [0.2, 0.25) is 0 Å². The second kappa shape index (κ2) is 5.63. The highest BCUT2D eigenvalue weighted by Gasteiger charge is 2.19. The van der Waals surface area contributed by atoms with E-state index >= 15 is 0 Å². The lowest BCUT2D eigenvalue weighted by Gasteiger charge is -2.25. The fourth-order valence-corrected chi connectivity index (χ4v) is 2.77. The van der Waals surface area contributed by atoms with Crippen LogP contribution in [0.5, 0.6) is 5.75 Å². The minimum atomic E-state index is 0.442. The summed E-state index contributed by atoms with van der Waals surface area (Å²) in [5, 5.41) is 7.42. The molecule has 0 radical (unpaired) electrons. The third kappa shape index (κ3) is 2.54. The van der Waals surface area contributed by atoms with Crippen LogP contribution in [0.1, 0.15) is 35.8 Å². The number of hydrogen-bond donors (Lipinski definition) is 1. The molecular weight excluding hydrogens is 252 g/mol. The summed E-state index contributed by atoms with van der Waals surface area (Å²) in [5.41, 5.74) is 2.80. The van der Waals surface area contributed by atoms with Gasteiger partial charge in [0.15, 0.2) is 5.82 Å². The fraction of sp³-hybridized carbons (Fsp3) is 0.467. The summed E-state index contributed by atoms with van der Waals surface area (Å²) in [6, 6.07) is 6.83. The molecule has 1 aliphatic carbocycles. The molecule has 0 aliphatic heterocycles. The molecule has 20 heavy (non-hydrogen) atoms. The average Bonchev–Trinajstić information content (AvgIpc) is 2.89. The van der Waals surface area contributed by atoms with Crippen LogP contribution >= 0.6 is 0 Å². The van der Waals surface area contributed by atoms with Gasteiger partial charge < -0.3 is 10.1 Å². The quantitative estimate of drug-likeness (QED) is 0.925. The van der Waals surface area contributed by atoms with Crippen molar-refractivity contribution in [2.45, 2.75) is 31.9 Å². The predicted molar refractivity (Wildman–Crippen MR) is 76.5 cm³/mol. The van der Waals surface area contributed by atoms with Gasteiger partial charge in [-0.3, -0.25) is 4.68 Å². The lowest BCUT2D eigenvalue weighted by molar-refractivity contribution is 0.288. The molecule has 1 atom stereocenters. The van der Waals surface area contributed by atoms with Crippen LogP contribution in [-0.4, -0.2) is 21.8 Å². The molecule has 5 nitrogen and oxygen atoms in total. The van der Waals surface area contributed by atoms with Gasteiger partial charge in [0.2, 0.25) is 0 Å². The summed E-state index contributed by atoms with van der Waals surface area (Å²) >= 11 is 0. The van der Waals surface area contributed by atoms with Gasteiger partial charge in [0, 0.05) is 13.1 Å². The van der Waals surface area contributed by atoms with Crippen molar-refractivity contribution >= 4 is 0 Å². The second-order valence-electron chi connectivity index (χ2n) is 5.18. The topological polar surface area (TPSA) is 52.0 Å². The van der Waals surface area contributed by atoms with E-state index in [4.69, 9.17) is 4.74 Å². The van der Waals surface area contributed by atoms with E-state index in [0.717, 1.165) is 18.0 Å². The zero-order valence-electron chi connectivity index (χ0n) is 12.0. The summed E-state index contributed by atoms with van der Waals surface area (Å²) < 4.78 is 7.57. The van der Waals surface area contributed by atoms with E-state index in [1.807, 2.05) is 20.2 Å². The predicted octanol–water partition coefficient (Wildman–Crippen LogP) is 1.99. The average molecular weight is 272 g/mol. The molecule has 5 heteroatoms. The van der Waals surface area contributed by atoms with E-state index in [1.54, 1.807) is 11.0 Å². The third-order valence-corrected chi connectivity index (χ3v) is 3.95. The van der Waals surface area contributed by atoms with Gasteiger partial charge in [0.25, 0.3) is 0 Å². The van der Waals surface area contributed by atoms with Crippen LogP contribution < -0.4 is 10.1 Å². The Morgan fingerprint density at radius 1 is 1.45 bits per heavy atom. The number of fused-ring (bicyclic) bond motifs is 1. The first-order valence-electron chi connectivity index (χ1n) is 7.03. The number of benzene rings is 1. The summed E-state index contributed by atoms with van der Waals surface area (Å²) in [5.74, 6) is 1.72. The maximum atomic E-state index is 5.84. The number of ether oxygens (including phenoxy) is 1. The van der Waals surface area contributed by atoms with Crippen molar-refractivity contribution in [2.24, 2.45) is 7.05 Å². The van der Waals surface area contributed by atoms with Crippen LogP contribution in [0, 0.1) is 0 Å². The number of aryl methyl sites for hydroxylation is 2. The number of hydrogen-bond acceptors (Lipinski definition) is 4. The van der Waals surface area contributed by atoms with Gasteiger partial charge >= 0.3 is 0 Å². The van der Waals surface area contributed by atoms with Gasteiger partial charge in [0.05, 0.1) is 0 Å². The number of nitrogens with one attached hydrogen (secondary N) is 1. The van der Waals surface area contributed by atoms with Gasteiger partial charge in [-0.15, -0.1) is 0 Å². The Balaban J connectivity index is 1.76. The van der Waals surface area contributed by atoms with E-state index in [2.05, 4.69) is 27.5 Å². The van der Waals surface area contributed by atoms with Crippen LogP contribution in [-0.2, 0) is 20.1 Å². The Hall–Kier alpha value is -1.88. The Bertz CT molecular complexity index is 593. The molecule has 0 saturated carbocycles. The largest absolute Gasteiger partial charge is 0.486 e. The molecule has 1 aliphatic rings. The zero-order valence-corrected chi connectivity index (χ0v) is 12.0. The van der Waals surface area contributed by atoms with Crippen molar-refractivity contribution in [2.75, 3.05) is 7.05 Å². The van der Waals surface area contributed by atoms with Gasteiger partial charge in [0.1, 0.15) is 18.7 Å². The first-order chi connectivity index (χ1) is 9.78. The molecule has 3 rings (SSSR count). The van der Waals surface area contributed by atoms with E-state index in [9.17, 15) is 0 Å². The van der Waals surface area contributed by atoms with Gasteiger partial charge in [-0.2, -0.15) is 5.10 Å². The van der Waals surface area contributed by atoms with E-state index < -0.39 is 0 Å². The summed E-state index contributed by atoms with van der Waals surface area (Å²) in [6.07, 6.45) is 5.15. The molecule has 1 unspecified atom stereocenters. The monoisotopic (exact) mass is 272 g/mol. The summed E-state index contributed by atoms with van der Waals surface area (Å²) in [4.78, 5) is 4.16. The van der Waals surface area contributed by atoms with Crippen molar-refractivity contribution in [3.05, 3.63) is 41.5 Å². The van der Waals surface area contributed by atoms with Gasteiger partial charge in [-0.25, -0.2) is 4.98 Å². The Morgan fingerprint density at radius 2 is 2.35 bits per heavy atom. The highest BCUT2D eigenvalue weighted by Crippen LogP contribution is 2.32. The maximum absolute atomic E-state index is 5.84. The summed E-state index contributed by atoms with van der Waals surface area (Å²) in [6.45, 7) is 0.444. The molecule has 1 aromatic carbocycles. The van der Waals surface area contributed by atoms with Crippen LogP contribution in [0.4, 0.5) is 0 Å². The van der Waals surface area contributed by atoms with Gasteiger partial charge in [-0.05, 0) is 49.6 Å². The lowest BCUT2D eigenvalue weighted by Crippen LogP contribution is -2.21. The number of aromatic nitrogens is 3. The first kappa shape index (κ1) is 13.1. The molecule has 1 heterocycles. The lowest BCUT2D eigenvalue weighted by atomic mass is 9.87. The molecule has 0 bridgehead atoms. The van der Waals surface area contributed by atoms with Crippen molar-refractivity contribution in [1.29, 1.82) is 0 Å². The SMILES string of the molecule is CNC1CCCc2ccc(OCc3ncnn3C)cc21. The smallest absolute Gasteiger partial charge is 0.164 e. The van der Waals surface area contributed by atoms with Crippen molar-refractivity contribution < 1.29 is 4.74 Å². The van der Waals surface area contributed by atoms with Gasteiger partial charge in [-0.1, -0.05) is 6.07 Å². The molecule has 106 valence electrons. The third-order valence-electron chi connectivity index (χ3n) is 3.95. The molecule has 0 spiro atoms. The molecule has 2 aromatic rings. The molecule has 1 aromatic heterocycles. The van der Waals surface area contributed by atoms with Crippen molar-refractivity contribution in [3.8, 4) is 5.75 Å². The summed E-state index contributed by atoms with van der Waals surface area (Å²) in [7, 11) is 3.89. The molecule has 0 saturated heterocycles. The van der Waals surface area contributed by atoms with E-state index in [0.29, 0.717) is 12.6 Å². The van der Waals surface area contributed by atoms with Crippen molar-refractivity contribution in [1.82, 2.24) is 20.1 Å². The second-order valence-corrected chi connectivity index (χ2v) is 5.18. The molecule has 1 N–H and O–H groups in total. The highest BCUT2D eigenvalue weighted by molar-refractivity contribution is 5.39. The Morgan fingerprint density at radius 3 is 3.10 bits per heavy atom. The molecular formula is C15H20N4O. The molecule has 0 fully saturated rings. The van der Waals surface area contributed by atoms with Crippen LogP contribution in [0.3, 0.4) is 0 Å². The first-order valence-corrected chi connectivity index (χ1v) is 7.03. The van der Waals surface area contributed by atoms with E-state index in [-0.39, 0.29) is 0 Å². The minimum Gasteiger partial charge on any atom is -0.486 e. The number of rotatable bonds is 4. The van der Waals surface area contributed by atoms with Crippen LogP contribution in [0.15, 0.2) is 24.5 Å². The molecule has 0 amide bonds. The van der Waals surface area contributed by atoms with E-state index in [1.165, 1.54) is 24.0 Å². The number of nitrogens with zero attached hydrogens (tertiary/aromatic N) is 3. The standard InChI is InChI=1S/C15H20N4O/c1-16-14-5-3-4-11-6-7-12(8-13(11)14)20-9-15-17-10-18-19(15)2/h6-8,10,14,16H,3-5,9H2,1-2H3.